The van der Waals surface area contributed by atoms with Gasteiger partial charge in [0.2, 0.25) is 0 Å². The van der Waals surface area contributed by atoms with Crippen LogP contribution >= 0.6 is 0 Å². The van der Waals surface area contributed by atoms with Crippen molar-refractivity contribution >= 4 is 16.9 Å². The van der Waals surface area contributed by atoms with E-state index in [9.17, 15) is 15.0 Å². The van der Waals surface area contributed by atoms with E-state index in [1.54, 1.807) is 0 Å². The Bertz CT molecular complexity index is 781. The highest BCUT2D eigenvalue weighted by molar-refractivity contribution is 5.82. The molecule has 0 spiro atoms. The van der Waals surface area contributed by atoms with E-state index in [2.05, 4.69) is 24.8 Å². The van der Waals surface area contributed by atoms with Gasteiger partial charge in [-0.05, 0) is 44.4 Å². The fourth-order valence-corrected chi connectivity index (χ4v) is 4.05. The molecule has 0 radical (unpaired) electrons. The van der Waals surface area contributed by atoms with Crippen LogP contribution in [0.4, 0.5) is 0 Å². The maximum atomic E-state index is 11.9. The second kappa shape index (κ2) is 6.81. The Morgan fingerprint density at radius 3 is 2.84 bits per heavy atom. The third-order valence-electron chi connectivity index (χ3n) is 5.54. The first-order chi connectivity index (χ1) is 11.9. The Balaban J connectivity index is 1.86. The third-order valence-corrected chi connectivity index (χ3v) is 5.54. The normalized spacial score (nSPS) is 24.7. The second-order valence-corrected chi connectivity index (χ2v) is 7.38. The van der Waals surface area contributed by atoms with Gasteiger partial charge in [-0.3, -0.25) is 9.69 Å². The molecule has 0 aliphatic carbocycles. The minimum atomic E-state index is -1.08. The summed E-state index contributed by atoms with van der Waals surface area (Å²) in [6.07, 6.45) is 0.906. The van der Waals surface area contributed by atoms with Gasteiger partial charge >= 0.3 is 5.97 Å². The van der Waals surface area contributed by atoms with Crippen LogP contribution in [0.3, 0.4) is 0 Å². The molecule has 2 heterocycles. The molecule has 1 aliphatic heterocycles. The van der Waals surface area contributed by atoms with Crippen LogP contribution in [0.5, 0.6) is 0 Å². The van der Waals surface area contributed by atoms with Gasteiger partial charge < -0.3 is 14.6 Å². The molecule has 2 atom stereocenters. The molecule has 136 valence electrons. The number of hydrogen-bond acceptors (Lipinski definition) is 4. The van der Waals surface area contributed by atoms with Crippen LogP contribution in [-0.4, -0.2) is 40.3 Å². The van der Waals surface area contributed by atoms with Crippen molar-refractivity contribution < 1.29 is 19.4 Å². The summed E-state index contributed by atoms with van der Waals surface area (Å²) in [7, 11) is 0. The Labute approximate surface area is 148 Å². The largest absolute Gasteiger partial charge is 0.481 e. The number of carbonyl (C=O) groups is 1. The maximum absolute atomic E-state index is 11.9. The maximum Gasteiger partial charge on any atom is 0.313 e. The van der Waals surface area contributed by atoms with Gasteiger partial charge in [-0.2, -0.15) is 0 Å². The van der Waals surface area contributed by atoms with Crippen LogP contribution < -0.4 is 0 Å². The molecule has 2 aromatic rings. The van der Waals surface area contributed by atoms with Crippen molar-refractivity contribution in [2.75, 3.05) is 13.1 Å². The molecule has 0 bridgehead atoms. The van der Waals surface area contributed by atoms with E-state index in [1.165, 1.54) is 5.56 Å². The Morgan fingerprint density at radius 2 is 2.16 bits per heavy atom. The van der Waals surface area contributed by atoms with E-state index >= 15 is 0 Å². The third kappa shape index (κ3) is 3.18. The molecule has 0 unspecified atom stereocenters. The van der Waals surface area contributed by atoms with Gasteiger partial charge in [0.05, 0.1) is 12.6 Å². The van der Waals surface area contributed by atoms with Crippen LogP contribution in [0, 0.1) is 19.3 Å². The number of benzene rings is 1. The average Bonchev–Trinajstić information content (AvgIpc) is 2.86. The van der Waals surface area contributed by atoms with Crippen molar-refractivity contribution in [3.63, 3.8) is 0 Å². The molecule has 0 saturated carbocycles. The lowest BCUT2D eigenvalue weighted by atomic mass is 9.74. The lowest BCUT2D eigenvalue weighted by molar-refractivity contribution is -0.164. The predicted molar refractivity (Wildman–Crippen MR) is 96.6 cm³/mol. The number of aliphatic hydroxyl groups excluding tert-OH is 1. The number of carboxylic acid groups (broad SMARTS) is 1. The fraction of sp³-hybridized carbons (Fsp3) is 0.550. The van der Waals surface area contributed by atoms with Gasteiger partial charge in [0.25, 0.3) is 0 Å². The van der Waals surface area contributed by atoms with Crippen molar-refractivity contribution in [2.45, 2.75) is 52.7 Å². The molecule has 0 amide bonds. The first-order valence-corrected chi connectivity index (χ1v) is 9.00. The molecule has 2 N–H and O–H groups in total. The summed E-state index contributed by atoms with van der Waals surface area (Å²) in [5.74, 6) is -0.0173. The molecule has 5 nitrogen and oxygen atoms in total. The zero-order chi connectivity index (χ0) is 18.2. The van der Waals surface area contributed by atoms with E-state index in [-0.39, 0.29) is 0 Å². The van der Waals surface area contributed by atoms with E-state index < -0.39 is 17.5 Å². The minimum absolute atomic E-state index is 0.354. The second-order valence-electron chi connectivity index (χ2n) is 7.38. The summed E-state index contributed by atoms with van der Waals surface area (Å²) in [4.78, 5) is 14.0. The van der Waals surface area contributed by atoms with Gasteiger partial charge in [0, 0.05) is 18.5 Å². The van der Waals surface area contributed by atoms with Crippen LogP contribution in [0.15, 0.2) is 22.6 Å². The number of hydrogen-bond donors (Lipinski definition) is 2. The lowest BCUT2D eigenvalue weighted by Gasteiger charge is -2.43. The summed E-state index contributed by atoms with van der Waals surface area (Å²) in [6.45, 7) is 7.68. The summed E-state index contributed by atoms with van der Waals surface area (Å²) < 4.78 is 6.02. The first-order valence-electron chi connectivity index (χ1n) is 9.00. The fourth-order valence-electron chi connectivity index (χ4n) is 4.05. The summed E-state index contributed by atoms with van der Waals surface area (Å²) in [5, 5.41) is 21.3. The number of piperidine rings is 1. The zero-order valence-electron chi connectivity index (χ0n) is 15.2. The van der Waals surface area contributed by atoms with E-state index in [0.717, 1.165) is 28.7 Å². The molecule has 1 aromatic carbocycles. The average molecular weight is 345 g/mol. The zero-order valence-corrected chi connectivity index (χ0v) is 15.2. The Hall–Kier alpha value is -1.85. The monoisotopic (exact) mass is 345 g/mol. The van der Waals surface area contributed by atoms with E-state index in [0.29, 0.717) is 32.5 Å². The van der Waals surface area contributed by atoms with Crippen molar-refractivity contribution in [1.82, 2.24) is 4.90 Å². The van der Waals surface area contributed by atoms with Crippen LogP contribution in [0.2, 0.25) is 0 Å². The molecule has 1 aliphatic rings. The summed E-state index contributed by atoms with van der Waals surface area (Å²) >= 11 is 0. The number of nitrogens with zero attached hydrogens (tertiary/aromatic N) is 1. The van der Waals surface area contributed by atoms with Crippen molar-refractivity contribution in [2.24, 2.45) is 5.41 Å². The van der Waals surface area contributed by atoms with E-state index in [1.807, 2.05) is 19.1 Å². The van der Waals surface area contributed by atoms with Gasteiger partial charge in [0.15, 0.2) is 0 Å². The molecule has 5 heteroatoms. The molecule has 25 heavy (non-hydrogen) atoms. The standard InChI is InChI=1S/C20H27NO4/c1-4-8-20(19(23)24)12-21(9-7-18(20)22)11-17-14(3)15-10-13(2)5-6-16(15)25-17/h5-6,10,18,22H,4,7-9,11-12H2,1-3H3,(H,23,24)/t18-,20-/m1/s1. The molecule has 1 aromatic heterocycles. The highest BCUT2D eigenvalue weighted by Gasteiger charge is 2.48. The van der Waals surface area contributed by atoms with Gasteiger partial charge in [0.1, 0.15) is 16.8 Å². The highest BCUT2D eigenvalue weighted by Crippen LogP contribution is 2.37. The molecule has 3 rings (SSSR count). The number of aliphatic hydroxyl groups is 1. The number of fused-ring (bicyclic) bond motifs is 1. The quantitative estimate of drug-likeness (QED) is 0.868. The van der Waals surface area contributed by atoms with Crippen molar-refractivity contribution in [3.05, 3.63) is 35.1 Å². The van der Waals surface area contributed by atoms with Gasteiger partial charge in [-0.1, -0.05) is 25.0 Å². The minimum Gasteiger partial charge on any atom is -0.481 e. The number of aryl methyl sites for hydroxylation is 2. The topological polar surface area (TPSA) is 73.9 Å². The first kappa shape index (κ1) is 18.0. The molecule has 1 fully saturated rings. The number of carboxylic acids is 1. The smallest absolute Gasteiger partial charge is 0.313 e. The Morgan fingerprint density at radius 1 is 1.40 bits per heavy atom. The lowest BCUT2D eigenvalue weighted by Crippen LogP contribution is -2.55. The molecule has 1 saturated heterocycles. The number of rotatable bonds is 5. The SMILES string of the molecule is CCC[C@@]1(C(=O)O)CN(Cc2oc3ccc(C)cc3c2C)CC[C@H]1O. The van der Waals surface area contributed by atoms with Gasteiger partial charge in [-0.25, -0.2) is 0 Å². The number of aliphatic carboxylic acids is 1. The van der Waals surface area contributed by atoms with Crippen LogP contribution in [0.1, 0.15) is 43.1 Å². The van der Waals surface area contributed by atoms with Gasteiger partial charge in [-0.15, -0.1) is 0 Å². The number of furan rings is 1. The summed E-state index contributed by atoms with van der Waals surface area (Å²) in [6, 6.07) is 6.14. The van der Waals surface area contributed by atoms with Crippen LogP contribution in [-0.2, 0) is 11.3 Å². The predicted octanol–water partition coefficient (Wildman–Crippen LogP) is 3.49. The van der Waals surface area contributed by atoms with E-state index in [4.69, 9.17) is 4.42 Å². The molecular weight excluding hydrogens is 318 g/mol. The van der Waals surface area contributed by atoms with Crippen LogP contribution in [0.25, 0.3) is 11.0 Å². The highest BCUT2D eigenvalue weighted by atomic mass is 16.4. The summed E-state index contributed by atoms with van der Waals surface area (Å²) in [5.41, 5.74) is 2.09. The van der Waals surface area contributed by atoms with Crippen molar-refractivity contribution in [3.8, 4) is 0 Å². The molecular formula is C20H27NO4. The number of likely N-dealkylation sites (tertiary alicyclic amines) is 1. The van der Waals surface area contributed by atoms with Crippen molar-refractivity contribution in [1.29, 1.82) is 0 Å². The Kier molecular flexibility index (Phi) is 4.89.